The number of carboxylic acid groups (broad SMARTS) is 1. The van der Waals surface area contributed by atoms with Crippen LogP contribution in [0.25, 0.3) is 0 Å². The summed E-state index contributed by atoms with van der Waals surface area (Å²) in [5, 5.41) is 8.71. The lowest BCUT2D eigenvalue weighted by Crippen LogP contribution is -2.17. The van der Waals surface area contributed by atoms with Gasteiger partial charge in [0.25, 0.3) is 0 Å². The molecule has 0 aromatic heterocycles. The first-order chi connectivity index (χ1) is 10.7. The molecule has 0 aromatic rings. The Labute approximate surface area is 135 Å². The molecule has 130 valence electrons. The Morgan fingerprint density at radius 3 is 1.91 bits per heavy atom. The van der Waals surface area contributed by atoms with Crippen LogP contribution in [0.15, 0.2) is 0 Å². The van der Waals surface area contributed by atoms with Crippen molar-refractivity contribution in [2.75, 3.05) is 0 Å². The predicted octanol–water partition coefficient (Wildman–Crippen LogP) is 5.73. The van der Waals surface area contributed by atoms with Gasteiger partial charge in [-0.1, -0.05) is 64.7 Å². The van der Waals surface area contributed by atoms with E-state index in [9.17, 15) is 9.59 Å². The second-order valence-electron chi connectivity index (χ2n) is 6.07. The average molecular weight is 314 g/mol. The standard InChI is InChI=1S/C18H34O4/c1-2-3-4-5-6-7-8-9-10-11-14-17(22-18(20)21)15-12-13-16-19/h16-17H,2-15H2,1H3,(H,20,21). The molecule has 4 nitrogen and oxygen atoms in total. The van der Waals surface area contributed by atoms with E-state index in [1.807, 2.05) is 0 Å². The van der Waals surface area contributed by atoms with Crippen LogP contribution in [0, 0.1) is 0 Å². The minimum absolute atomic E-state index is 0.244. The fourth-order valence-corrected chi connectivity index (χ4v) is 2.69. The van der Waals surface area contributed by atoms with Gasteiger partial charge in [0.05, 0.1) is 0 Å². The lowest BCUT2D eigenvalue weighted by molar-refractivity contribution is -0.108. The van der Waals surface area contributed by atoms with Crippen LogP contribution in [0.4, 0.5) is 4.79 Å². The van der Waals surface area contributed by atoms with Crippen LogP contribution in [0.3, 0.4) is 0 Å². The first-order valence-electron chi connectivity index (χ1n) is 9.04. The van der Waals surface area contributed by atoms with Crippen molar-refractivity contribution >= 4 is 12.4 Å². The van der Waals surface area contributed by atoms with Crippen LogP contribution in [-0.4, -0.2) is 23.7 Å². The van der Waals surface area contributed by atoms with E-state index in [1.165, 1.54) is 51.4 Å². The van der Waals surface area contributed by atoms with Gasteiger partial charge >= 0.3 is 6.16 Å². The third-order valence-corrected chi connectivity index (χ3v) is 4.00. The minimum Gasteiger partial charge on any atom is -0.450 e. The molecule has 22 heavy (non-hydrogen) atoms. The predicted molar refractivity (Wildman–Crippen MR) is 89.3 cm³/mol. The number of ether oxygens (including phenoxy) is 1. The van der Waals surface area contributed by atoms with Crippen molar-refractivity contribution in [2.45, 2.75) is 103 Å². The molecule has 1 unspecified atom stereocenters. The first kappa shape index (κ1) is 20.9. The molecule has 0 rings (SSSR count). The Morgan fingerprint density at radius 2 is 1.41 bits per heavy atom. The van der Waals surface area contributed by atoms with E-state index in [2.05, 4.69) is 6.92 Å². The van der Waals surface area contributed by atoms with Crippen molar-refractivity contribution in [2.24, 2.45) is 0 Å². The summed E-state index contributed by atoms with van der Waals surface area (Å²) in [6.07, 6.45) is 14.7. The van der Waals surface area contributed by atoms with Gasteiger partial charge in [-0.25, -0.2) is 4.79 Å². The Bertz CT molecular complexity index is 266. The van der Waals surface area contributed by atoms with Gasteiger partial charge in [-0.2, -0.15) is 0 Å². The molecule has 1 atom stereocenters. The van der Waals surface area contributed by atoms with E-state index in [4.69, 9.17) is 9.84 Å². The van der Waals surface area contributed by atoms with Crippen LogP contribution in [0.5, 0.6) is 0 Å². The molecule has 0 aromatic carbocycles. The quantitative estimate of drug-likeness (QED) is 0.224. The number of hydrogen-bond donors (Lipinski definition) is 1. The summed E-state index contributed by atoms with van der Waals surface area (Å²) in [6, 6.07) is 0. The van der Waals surface area contributed by atoms with Gasteiger partial charge in [0.15, 0.2) is 0 Å². The molecule has 0 spiro atoms. The van der Waals surface area contributed by atoms with Crippen molar-refractivity contribution in [3.05, 3.63) is 0 Å². The maximum atomic E-state index is 10.6. The first-order valence-corrected chi connectivity index (χ1v) is 9.04. The third-order valence-electron chi connectivity index (χ3n) is 4.00. The molecule has 0 radical (unpaired) electrons. The zero-order valence-corrected chi connectivity index (χ0v) is 14.2. The molecule has 1 N–H and O–H groups in total. The third kappa shape index (κ3) is 15.3. The second kappa shape index (κ2) is 16.3. The molecule has 0 aliphatic rings. The van der Waals surface area contributed by atoms with Gasteiger partial charge in [-0.3, -0.25) is 0 Å². The minimum atomic E-state index is -1.21. The van der Waals surface area contributed by atoms with E-state index >= 15 is 0 Å². The molecule has 0 aliphatic heterocycles. The SMILES string of the molecule is CCCCCCCCCCCCC(CCCC=O)OC(=O)O. The van der Waals surface area contributed by atoms with Gasteiger partial charge in [0.2, 0.25) is 0 Å². The van der Waals surface area contributed by atoms with Crippen LogP contribution in [0.2, 0.25) is 0 Å². The number of carbonyl (C=O) groups is 2. The van der Waals surface area contributed by atoms with E-state index in [0.29, 0.717) is 19.3 Å². The van der Waals surface area contributed by atoms with Crippen molar-refractivity contribution in [3.63, 3.8) is 0 Å². The molecule has 0 saturated carbocycles. The summed E-state index contributed by atoms with van der Waals surface area (Å²) in [5.74, 6) is 0. The largest absolute Gasteiger partial charge is 0.506 e. The summed E-state index contributed by atoms with van der Waals surface area (Å²) in [5.41, 5.74) is 0. The summed E-state index contributed by atoms with van der Waals surface area (Å²) in [6.45, 7) is 2.24. The summed E-state index contributed by atoms with van der Waals surface area (Å²) < 4.78 is 4.88. The van der Waals surface area contributed by atoms with Gasteiger partial charge < -0.3 is 14.6 Å². The van der Waals surface area contributed by atoms with E-state index in [1.54, 1.807) is 0 Å². The molecule has 0 heterocycles. The Kier molecular flexibility index (Phi) is 15.5. The molecule has 0 bridgehead atoms. The fraction of sp³-hybridized carbons (Fsp3) is 0.889. The maximum absolute atomic E-state index is 10.6. The number of aldehydes is 1. The van der Waals surface area contributed by atoms with Crippen molar-refractivity contribution in [3.8, 4) is 0 Å². The van der Waals surface area contributed by atoms with E-state index < -0.39 is 6.16 Å². The molecule has 0 aliphatic carbocycles. The Morgan fingerprint density at radius 1 is 0.909 bits per heavy atom. The summed E-state index contributed by atoms with van der Waals surface area (Å²) in [4.78, 5) is 20.9. The topological polar surface area (TPSA) is 63.6 Å². The second-order valence-corrected chi connectivity index (χ2v) is 6.07. The van der Waals surface area contributed by atoms with Crippen molar-refractivity contribution in [1.82, 2.24) is 0 Å². The highest BCUT2D eigenvalue weighted by molar-refractivity contribution is 5.57. The zero-order chi connectivity index (χ0) is 16.5. The number of hydrogen-bond acceptors (Lipinski definition) is 3. The van der Waals surface area contributed by atoms with Crippen LogP contribution in [0.1, 0.15) is 96.8 Å². The maximum Gasteiger partial charge on any atom is 0.506 e. The van der Waals surface area contributed by atoms with Gasteiger partial charge in [0.1, 0.15) is 12.4 Å². The van der Waals surface area contributed by atoms with Gasteiger partial charge in [-0.05, 0) is 25.7 Å². The molecule has 0 amide bonds. The molecule has 0 saturated heterocycles. The highest BCUT2D eigenvalue weighted by Crippen LogP contribution is 2.15. The summed E-state index contributed by atoms with van der Waals surface area (Å²) >= 11 is 0. The molecule has 0 fully saturated rings. The number of rotatable bonds is 16. The highest BCUT2D eigenvalue weighted by Gasteiger charge is 2.12. The van der Waals surface area contributed by atoms with Crippen LogP contribution >= 0.6 is 0 Å². The summed E-state index contributed by atoms with van der Waals surface area (Å²) in [7, 11) is 0. The van der Waals surface area contributed by atoms with Gasteiger partial charge in [0, 0.05) is 6.42 Å². The van der Waals surface area contributed by atoms with Gasteiger partial charge in [-0.15, -0.1) is 0 Å². The molecular weight excluding hydrogens is 280 g/mol. The lowest BCUT2D eigenvalue weighted by Gasteiger charge is -2.15. The van der Waals surface area contributed by atoms with Crippen molar-refractivity contribution in [1.29, 1.82) is 0 Å². The zero-order valence-electron chi connectivity index (χ0n) is 14.2. The smallest absolute Gasteiger partial charge is 0.450 e. The monoisotopic (exact) mass is 314 g/mol. The van der Waals surface area contributed by atoms with Crippen molar-refractivity contribution < 1.29 is 19.4 Å². The Balaban J connectivity index is 3.49. The molecule has 4 heteroatoms. The fourth-order valence-electron chi connectivity index (χ4n) is 2.69. The van der Waals surface area contributed by atoms with Crippen LogP contribution in [-0.2, 0) is 9.53 Å². The van der Waals surface area contributed by atoms with E-state index in [-0.39, 0.29) is 6.10 Å². The molecular formula is C18H34O4. The lowest BCUT2D eigenvalue weighted by atomic mass is 10.0. The van der Waals surface area contributed by atoms with Crippen LogP contribution < -0.4 is 0 Å². The normalized spacial score (nSPS) is 12.0. The Hall–Kier alpha value is -1.06. The van der Waals surface area contributed by atoms with E-state index in [0.717, 1.165) is 25.5 Å². The number of carbonyl (C=O) groups excluding carboxylic acids is 1. The number of unbranched alkanes of at least 4 members (excludes halogenated alkanes) is 10. The highest BCUT2D eigenvalue weighted by atomic mass is 16.7. The average Bonchev–Trinajstić information content (AvgIpc) is 2.48.